The van der Waals surface area contributed by atoms with Gasteiger partial charge in [-0.15, -0.1) is 0 Å². The van der Waals surface area contributed by atoms with Crippen molar-refractivity contribution in [2.75, 3.05) is 0 Å². The van der Waals surface area contributed by atoms with Crippen LogP contribution in [0.1, 0.15) is 30.9 Å². The van der Waals surface area contributed by atoms with Crippen molar-refractivity contribution in [3.8, 4) is 33.8 Å². The Balaban J connectivity index is 1.39. The van der Waals surface area contributed by atoms with Crippen molar-refractivity contribution in [3.05, 3.63) is 151 Å². The zero-order chi connectivity index (χ0) is 28.2. The first-order valence-electron chi connectivity index (χ1n) is 13.7. The standard InChI is InChI=1S/C36H31N5/c1-26-22-23-34(29-14-7-4-8-15-29)40(26)38-27(2)32-20-13-21-33(37-32)28(3)39-41-35(30-16-9-5-10-17-30)24-25-36(41)31-18-11-6-12-19-31/h4-25H,1-3H3/b38-27+,39-28+. The third-order valence-corrected chi connectivity index (χ3v) is 7.10. The predicted molar refractivity (Wildman–Crippen MR) is 169 cm³/mol. The molecule has 200 valence electrons. The highest BCUT2D eigenvalue weighted by Crippen LogP contribution is 2.29. The summed E-state index contributed by atoms with van der Waals surface area (Å²) in [6.45, 7) is 6.07. The molecule has 6 aromatic rings. The Hall–Kier alpha value is -5.29. The van der Waals surface area contributed by atoms with Crippen LogP contribution in [0.3, 0.4) is 0 Å². The largest absolute Gasteiger partial charge is 0.245 e. The average Bonchev–Trinajstić information content (AvgIpc) is 3.61. The molecule has 3 heterocycles. The van der Waals surface area contributed by atoms with Crippen LogP contribution in [0.5, 0.6) is 0 Å². The Kier molecular flexibility index (Phi) is 7.25. The second-order valence-electron chi connectivity index (χ2n) is 9.96. The van der Waals surface area contributed by atoms with Crippen LogP contribution in [0.25, 0.3) is 33.8 Å². The van der Waals surface area contributed by atoms with Crippen molar-refractivity contribution in [1.82, 2.24) is 14.3 Å². The van der Waals surface area contributed by atoms with Crippen LogP contribution >= 0.6 is 0 Å². The fraction of sp³-hybridized carbons (Fsp3) is 0.0833. The van der Waals surface area contributed by atoms with Crippen LogP contribution in [-0.4, -0.2) is 25.8 Å². The molecular weight excluding hydrogens is 502 g/mol. The van der Waals surface area contributed by atoms with Crippen molar-refractivity contribution in [2.45, 2.75) is 20.8 Å². The highest BCUT2D eigenvalue weighted by molar-refractivity contribution is 6.01. The molecule has 41 heavy (non-hydrogen) atoms. The smallest absolute Gasteiger partial charge is 0.0867 e. The van der Waals surface area contributed by atoms with E-state index in [0.29, 0.717) is 0 Å². The van der Waals surface area contributed by atoms with Crippen molar-refractivity contribution in [3.63, 3.8) is 0 Å². The quantitative estimate of drug-likeness (QED) is 0.190. The SMILES string of the molecule is C/C(=N\n1c(C)ccc1-c1ccccc1)c1cccc(/C(C)=N/n2c(-c3ccccc3)ccc2-c2ccccc2)n1. The highest BCUT2D eigenvalue weighted by Gasteiger charge is 2.14. The van der Waals surface area contributed by atoms with Crippen molar-refractivity contribution < 1.29 is 0 Å². The van der Waals surface area contributed by atoms with E-state index in [9.17, 15) is 0 Å². The Bertz CT molecular complexity index is 1790. The lowest BCUT2D eigenvalue weighted by molar-refractivity contribution is 0.853. The van der Waals surface area contributed by atoms with E-state index in [2.05, 4.69) is 67.6 Å². The maximum absolute atomic E-state index is 5.11. The first-order chi connectivity index (χ1) is 20.1. The predicted octanol–water partition coefficient (Wildman–Crippen LogP) is 8.54. The number of aryl methyl sites for hydroxylation is 1. The monoisotopic (exact) mass is 533 g/mol. The Morgan fingerprint density at radius 2 is 0.854 bits per heavy atom. The summed E-state index contributed by atoms with van der Waals surface area (Å²) in [5.74, 6) is 0. The van der Waals surface area contributed by atoms with E-state index in [0.717, 1.165) is 62.3 Å². The van der Waals surface area contributed by atoms with E-state index in [-0.39, 0.29) is 0 Å². The lowest BCUT2D eigenvalue weighted by Gasteiger charge is -2.11. The summed E-state index contributed by atoms with van der Waals surface area (Å²) in [6.07, 6.45) is 0. The van der Waals surface area contributed by atoms with Crippen LogP contribution in [-0.2, 0) is 0 Å². The number of aromatic nitrogens is 3. The highest BCUT2D eigenvalue weighted by atomic mass is 15.4. The second kappa shape index (κ2) is 11.4. The number of pyridine rings is 1. The molecular formula is C36H31N5. The first kappa shape index (κ1) is 26.0. The van der Waals surface area contributed by atoms with E-state index < -0.39 is 0 Å². The molecule has 0 radical (unpaired) electrons. The van der Waals surface area contributed by atoms with Crippen LogP contribution in [0.4, 0.5) is 0 Å². The number of nitrogens with zero attached hydrogens (tertiary/aromatic N) is 5. The molecule has 3 aromatic carbocycles. The van der Waals surface area contributed by atoms with E-state index in [1.807, 2.05) is 96.0 Å². The Morgan fingerprint density at radius 1 is 0.463 bits per heavy atom. The van der Waals surface area contributed by atoms with Crippen LogP contribution in [0, 0.1) is 6.92 Å². The van der Waals surface area contributed by atoms with Gasteiger partial charge < -0.3 is 0 Å². The van der Waals surface area contributed by atoms with Gasteiger partial charge in [0.05, 0.1) is 39.9 Å². The number of benzene rings is 3. The van der Waals surface area contributed by atoms with Crippen molar-refractivity contribution in [2.24, 2.45) is 10.2 Å². The lowest BCUT2D eigenvalue weighted by atomic mass is 10.1. The molecule has 0 N–H and O–H groups in total. The molecule has 0 aliphatic heterocycles. The minimum Gasteiger partial charge on any atom is -0.245 e. The topological polar surface area (TPSA) is 47.5 Å². The molecule has 0 fully saturated rings. The van der Waals surface area contributed by atoms with Crippen LogP contribution < -0.4 is 0 Å². The van der Waals surface area contributed by atoms with Gasteiger partial charge >= 0.3 is 0 Å². The minimum atomic E-state index is 0.802. The summed E-state index contributed by atoms with van der Waals surface area (Å²) < 4.78 is 4.00. The third-order valence-electron chi connectivity index (χ3n) is 7.10. The summed E-state index contributed by atoms with van der Waals surface area (Å²) in [5.41, 5.74) is 10.7. The van der Waals surface area contributed by atoms with Crippen molar-refractivity contribution in [1.29, 1.82) is 0 Å². The summed E-state index contributed by atoms with van der Waals surface area (Å²) in [6, 6.07) is 45.5. The van der Waals surface area contributed by atoms with Gasteiger partial charge in [-0.2, -0.15) is 10.2 Å². The first-order valence-corrected chi connectivity index (χ1v) is 13.7. The lowest BCUT2D eigenvalue weighted by Crippen LogP contribution is -2.09. The average molecular weight is 534 g/mol. The molecule has 5 nitrogen and oxygen atoms in total. The van der Waals surface area contributed by atoms with Gasteiger partial charge in [0, 0.05) is 22.4 Å². The Labute approximate surface area is 240 Å². The molecule has 0 spiro atoms. The van der Waals surface area contributed by atoms with Gasteiger partial charge in [0.15, 0.2) is 0 Å². The molecule has 0 unspecified atom stereocenters. The van der Waals surface area contributed by atoms with Gasteiger partial charge in [0.2, 0.25) is 0 Å². The molecule has 0 aliphatic carbocycles. The summed E-state index contributed by atoms with van der Waals surface area (Å²) in [7, 11) is 0. The summed E-state index contributed by atoms with van der Waals surface area (Å²) in [4.78, 5) is 4.98. The van der Waals surface area contributed by atoms with E-state index in [4.69, 9.17) is 15.2 Å². The zero-order valence-corrected chi connectivity index (χ0v) is 23.4. The van der Waals surface area contributed by atoms with E-state index in [1.165, 1.54) is 0 Å². The van der Waals surface area contributed by atoms with Gasteiger partial charge in [0.1, 0.15) is 0 Å². The Morgan fingerprint density at radius 3 is 1.32 bits per heavy atom. The van der Waals surface area contributed by atoms with Crippen LogP contribution in [0.15, 0.2) is 144 Å². The van der Waals surface area contributed by atoms with Gasteiger partial charge in [-0.3, -0.25) is 0 Å². The molecule has 0 saturated heterocycles. The molecule has 5 heteroatoms. The molecule has 0 atom stereocenters. The minimum absolute atomic E-state index is 0.802. The molecule has 3 aromatic heterocycles. The fourth-order valence-electron chi connectivity index (χ4n) is 4.92. The number of rotatable bonds is 7. The number of hydrogen-bond donors (Lipinski definition) is 0. The third kappa shape index (κ3) is 5.43. The summed E-state index contributed by atoms with van der Waals surface area (Å²) >= 11 is 0. The van der Waals surface area contributed by atoms with Crippen molar-refractivity contribution >= 4 is 11.4 Å². The molecule has 6 rings (SSSR count). The molecule has 0 bridgehead atoms. The maximum Gasteiger partial charge on any atom is 0.0867 e. The summed E-state index contributed by atoms with van der Waals surface area (Å²) in [5, 5.41) is 10.1. The molecule has 0 amide bonds. The maximum atomic E-state index is 5.11. The van der Waals surface area contributed by atoms with Gasteiger partial charge in [-0.25, -0.2) is 14.3 Å². The van der Waals surface area contributed by atoms with Gasteiger partial charge in [-0.1, -0.05) is 97.1 Å². The van der Waals surface area contributed by atoms with Crippen LogP contribution in [0.2, 0.25) is 0 Å². The molecule has 0 saturated carbocycles. The van der Waals surface area contributed by atoms with Gasteiger partial charge in [0.25, 0.3) is 0 Å². The zero-order valence-electron chi connectivity index (χ0n) is 23.4. The van der Waals surface area contributed by atoms with Gasteiger partial charge in [-0.05, 0) is 57.2 Å². The van der Waals surface area contributed by atoms with E-state index in [1.54, 1.807) is 0 Å². The van der Waals surface area contributed by atoms with E-state index >= 15 is 0 Å². The fourth-order valence-corrected chi connectivity index (χ4v) is 4.92. The second-order valence-corrected chi connectivity index (χ2v) is 9.96. The normalized spacial score (nSPS) is 12.1. The molecule has 0 aliphatic rings. The number of hydrogen-bond acceptors (Lipinski definition) is 3.